The molecule has 2 aromatic rings. The van der Waals surface area contributed by atoms with Gasteiger partial charge in [-0.05, 0) is 57.9 Å². The topological polar surface area (TPSA) is 75.2 Å². The summed E-state index contributed by atoms with van der Waals surface area (Å²) in [6, 6.07) is 7.05. The summed E-state index contributed by atoms with van der Waals surface area (Å²) in [6.45, 7) is 9.42. The number of nitrogens with zero attached hydrogens (tertiary/aromatic N) is 3. The van der Waals surface area contributed by atoms with Crippen LogP contribution in [0.25, 0.3) is 0 Å². The van der Waals surface area contributed by atoms with Crippen molar-refractivity contribution in [2.45, 2.75) is 40.2 Å². The van der Waals surface area contributed by atoms with Crippen LogP contribution in [0.4, 0.5) is 0 Å². The molecule has 24 heavy (non-hydrogen) atoms. The van der Waals surface area contributed by atoms with Gasteiger partial charge in [-0.3, -0.25) is 15.0 Å². The van der Waals surface area contributed by atoms with E-state index in [1.54, 1.807) is 6.07 Å². The van der Waals surface area contributed by atoms with E-state index in [0.29, 0.717) is 5.56 Å². The van der Waals surface area contributed by atoms with Crippen LogP contribution in [0.5, 0.6) is 0 Å². The minimum atomic E-state index is -0.601. The molecule has 1 aromatic heterocycles. The van der Waals surface area contributed by atoms with Crippen molar-refractivity contribution < 1.29 is 9.59 Å². The molecule has 1 aromatic carbocycles. The molecule has 0 unspecified atom stereocenters. The van der Waals surface area contributed by atoms with Crippen molar-refractivity contribution in [3.63, 3.8) is 0 Å². The molecule has 6 heteroatoms. The number of nitrogens with one attached hydrogen (secondary N) is 1. The zero-order chi connectivity index (χ0) is 17.9. The van der Waals surface area contributed by atoms with Gasteiger partial charge in [0.2, 0.25) is 0 Å². The van der Waals surface area contributed by atoms with Gasteiger partial charge in [-0.1, -0.05) is 12.1 Å². The fraction of sp³-hybridized carbons (Fsp3) is 0.333. The number of rotatable bonds is 2. The third-order valence-corrected chi connectivity index (χ3v) is 3.74. The minimum absolute atomic E-state index is 0.202. The first-order valence-electron chi connectivity index (χ1n) is 7.69. The summed E-state index contributed by atoms with van der Waals surface area (Å²) in [6.07, 6.45) is 2.78. The Kier molecular flexibility index (Phi) is 4.97. The molecule has 2 rings (SSSR count). The average molecular weight is 326 g/mol. The smallest absolute Gasteiger partial charge is 0.267 e. The van der Waals surface area contributed by atoms with Crippen LogP contribution < -0.4 is 5.43 Å². The van der Waals surface area contributed by atoms with Gasteiger partial charge in [0.15, 0.2) is 0 Å². The lowest BCUT2D eigenvalue weighted by Gasteiger charge is -2.35. The van der Waals surface area contributed by atoms with E-state index < -0.39 is 11.4 Å². The zero-order valence-electron chi connectivity index (χ0n) is 14.6. The monoisotopic (exact) mass is 326 g/mol. The second-order valence-corrected chi connectivity index (χ2v) is 6.59. The van der Waals surface area contributed by atoms with E-state index in [4.69, 9.17) is 0 Å². The fourth-order valence-electron chi connectivity index (χ4n) is 2.21. The van der Waals surface area contributed by atoms with Crippen LogP contribution in [0.1, 0.15) is 52.7 Å². The highest BCUT2D eigenvalue weighted by Gasteiger charge is 2.30. The summed E-state index contributed by atoms with van der Waals surface area (Å²) in [7, 11) is 0. The molecule has 0 bridgehead atoms. The third-order valence-electron chi connectivity index (χ3n) is 3.74. The normalized spacial score (nSPS) is 11.0. The Balaban J connectivity index is 2.34. The summed E-state index contributed by atoms with van der Waals surface area (Å²) in [5, 5.41) is 1.35. The summed E-state index contributed by atoms with van der Waals surface area (Å²) in [5.41, 5.74) is 4.76. The van der Waals surface area contributed by atoms with Gasteiger partial charge in [-0.25, -0.2) is 15.0 Å². The van der Waals surface area contributed by atoms with Crippen LogP contribution in [0.15, 0.2) is 36.8 Å². The molecule has 6 nitrogen and oxygen atoms in total. The van der Waals surface area contributed by atoms with Crippen LogP contribution in [0.3, 0.4) is 0 Å². The molecule has 2 amide bonds. The Morgan fingerprint density at radius 1 is 1.12 bits per heavy atom. The van der Waals surface area contributed by atoms with Crippen molar-refractivity contribution >= 4 is 11.8 Å². The van der Waals surface area contributed by atoms with Gasteiger partial charge >= 0.3 is 0 Å². The number of carbonyl (C=O) groups is 2. The molecule has 1 N–H and O–H groups in total. The largest absolute Gasteiger partial charge is 0.288 e. The molecule has 0 radical (unpaired) electrons. The number of carbonyl (C=O) groups excluding carboxylic acids is 2. The first-order valence-corrected chi connectivity index (χ1v) is 7.69. The standard InChI is InChI=1S/C18H22N4O2/c1-12-7-6-8-14(13(12)2)17(24)22(18(3,4)5)21-16(23)15-9-10-19-11-20-15/h6-11H,1-5H3,(H,21,23). The first kappa shape index (κ1) is 17.6. The third kappa shape index (κ3) is 3.76. The summed E-state index contributed by atoms with van der Waals surface area (Å²) < 4.78 is 0. The maximum atomic E-state index is 13.0. The molecule has 0 saturated carbocycles. The van der Waals surface area contributed by atoms with E-state index in [9.17, 15) is 9.59 Å². The molecule has 0 aliphatic heterocycles. The van der Waals surface area contributed by atoms with Crippen molar-refractivity contribution in [2.24, 2.45) is 0 Å². The van der Waals surface area contributed by atoms with Gasteiger partial charge < -0.3 is 0 Å². The molecule has 0 spiro atoms. The number of hydrazine groups is 1. The van der Waals surface area contributed by atoms with E-state index in [1.807, 2.05) is 46.8 Å². The molecule has 0 fully saturated rings. The highest BCUT2D eigenvalue weighted by molar-refractivity contribution is 5.99. The van der Waals surface area contributed by atoms with Crippen molar-refractivity contribution in [1.82, 2.24) is 20.4 Å². The molecule has 0 atom stereocenters. The molecule has 0 aliphatic rings. The van der Waals surface area contributed by atoms with E-state index >= 15 is 0 Å². The second kappa shape index (κ2) is 6.78. The van der Waals surface area contributed by atoms with Gasteiger partial charge in [0.25, 0.3) is 11.8 Å². The fourth-order valence-corrected chi connectivity index (χ4v) is 2.21. The van der Waals surface area contributed by atoms with Gasteiger partial charge in [0.1, 0.15) is 12.0 Å². The number of benzene rings is 1. The molecule has 1 heterocycles. The van der Waals surface area contributed by atoms with Crippen LogP contribution in [0.2, 0.25) is 0 Å². The van der Waals surface area contributed by atoms with Gasteiger partial charge in [-0.2, -0.15) is 0 Å². The van der Waals surface area contributed by atoms with E-state index in [0.717, 1.165) is 11.1 Å². The number of amides is 2. The number of hydrogen-bond acceptors (Lipinski definition) is 4. The summed E-state index contributed by atoms with van der Waals surface area (Å²) in [5.74, 6) is -0.711. The van der Waals surface area contributed by atoms with Crippen LogP contribution >= 0.6 is 0 Å². The quantitative estimate of drug-likeness (QED) is 0.861. The van der Waals surface area contributed by atoms with Crippen molar-refractivity contribution in [2.75, 3.05) is 0 Å². The van der Waals surface area contributed by atoms with E-state index in [-0.39, 0.29) is 11.6 Å². The predicted octanol–water partition coefficient (Wildman–Crippen LogP) is 2.68. The highest BCUT2D eigenvalue weighted by Crippen LogP contribution is 2.19. The van der Waals surface area contributed by atoms with E-state index in [2.05, 4.69) is 15.4 Å². The van der Waals surface area contributed by atoms with Crippen LogP contribution in [-0.2, 0) is 0 Å². The molecule has 0 saturated heterocycles. The van der Waals surface area contributed by atoms with Crippen LogP contribution in [0, 0.1) is 13.8 Å². The lowest BCUT2D eigenvalue weighted by molar-refractivity contribution is 0.0356. The van der Waals surface area contributed by atoms with Gasteiger partial charge in [-0.15, -0.1) is 0 Å². The van der Waals surface area contributed by atoms with Crippen molar-refractivity contribution in [1.29, 1.82) is 0 Å². The Morgan fingerprint density at radius 3 is 2.42 bits per heavy atom. The van der Waals surface area contributed by atoms with Gasteiger partial charge in [0, 0.05) is 11.8 Å². The van der Waals surface area contributed by atoms with Crippen molar-refractivity contribution in [3.05, 3.63) is 59.2 Å². The molecule has 126 valence electrons. The summed E-state index contributed by atoms with van der Waals surface area (Å²) in [4.78, 5) is 33.1. The summed E-state index contributed by atoms with van der Waals surface area (Å²) >= 11 is 0. The van der Waals surface area contributed by atoms with Gasteiger partial charge in [0.05, 0.1) is 5.54 Å². The molecular weight excluding hydrogens is 304 g/mol. The number of hydrogen-bond donors (Lipinski definition) is 1. The Hall–Kier alpha value is -2.76. The maximum Gasteiger partial charge on any atom is 0.288 e. The Labute approximate surface area is 141 Å². The van der Waals surface area contributed by atoms with E-state index in [1.165, 1.54) is 23.6 Å². The lowest BCUT2D eigenvalue weighted by Crippen LogP contribution is -2.56. The minimum Gasteiger partial charge on any atom is -0.267 e. The van der Waals surface area contributed by atoms with Crippen molar-refractivity contribution in [3.8, 4) is 0 Å². The van der Waals surface area contributed by atoms with Crippen LogP contribution in [-0.4, -0.2) is 32.3 Å². The second-order valence-electron chi connectivity index (χ2n) is 6.59. The first-order chi connectivity index (χ1) is 11.2. The Bertz CT molecular complexity index is 751. The molecule has 0 aliphatic carbocycles. The SMILES string of the molecule is Cc1cccc(C(=O)N(NC(=O)c2ccncn2)C(C)(C)C)c1C. The zero-order valence-corrected chi connectivity index (χ0v) is 14.6. The lowest BCUT2D eigenvalue weighted by atomic mass is 10.0. The highest BCUT2D eigenvalue weighted by atomic mass is 16.2. The molecular formula is C18H22N4O2. The average Bonchev–Trinajstić information content (AvgIpc) is 2.54. The maximum absolute atomic E-state index is 13.0. The number of aromatic nitrogens is 2. The number of aryl methyl sites for hydroxylation is 1. The predicted molar refractivity (Wildman–Crippen MR) is 91.3 cm³/mol. The Morgan fingerprint density at radius 2 is 1.83 bits per heavy atom.